The van der Waals surface area contributed by atoms with Gasteiger partial charge in [0.2, 0.25) is 0 Å². The minimum atomic E-state index is -2.86. The summed E-state index contributed by atoms with van der Waals surface area (Å²) in [5, 5.41) is 8.91. The van der Waals surface area contributed by atoms with Gasteiger partial charge in [0.25, 0.3) is 5.91 Å². The number of hydrogen-bond donors (Lipinski definition) is 1. The van der Waals surface area contributed by atoms with Gasteiger partial charge >= 0.3 is 6.61 Å². The van der Waals surface area contributed by atoms with Crippen LogP contribution in [0, 0.1) is 0 Å². The highest BCUT2D eigenvalue weighted by Crippen LogP contribution is 2.27. The maximum atomic E-state index is 12.2. The van der Waals surface area contributed by atoms with Crippen molar-refractivity contribution in [1.82, 2.24) is 14.8 Å². The van der Waals surface area contributed by atoms with Crippen LogP contribution in [0.1, 0.15) is 10.5 Å². The van der Waals surface area contributed by atoms with Crippen LogP contribution >= 0.6 is 27.3 Å². The van der Waals surface area contributed by atoms with Crippen LogP contribution in [0.5, 0.6) is 5.75 Å². The molecular weight excluding hydrogens is 418 g/mol. The molecule has 130 valence electrons. The van der Waals surface area contributed by atoms with Gasteiger partial charge in [0.05, 0.1) is 10.2 Å². The lowest BCUT2D eigenvalue weighted by Crippen LogP contribution is -2.13. The van der Waals surface area contributed by atoms with E-state index < -0.39 is 6.61 Å². The van der Waals surface area contributed by atoms with E-state index in [1.165, 1.54) is 28.2 Å². The Kier molecular flexibility index (Phi) is 5.09. The number of benzene rings is 1. The van der Waals surface area contributed by atoms with E-state index in [0.717, 1.165) is 5.56 Å². The molecule has 10 heteroatoms. The van der Waals surface area contributed by atoms with E-state index in [1.54, 1.807) is 30.8 Å². The van der Waals surface area contributed by atoms with Crippen molar-refractivity contribution in [3.8, 4) is 17.0 Å². The fraction of sp³-hybridized carbons (Fsp3) is 0.133. The summed E-state index contributed by atoms with van der Waals surface area (Å²) in [6.07, 6.45) is 1.67. The number of nitrogens with one attached hydrogen (secondary N) is 1. The SMILES string of the molecule is Cn1cc(Br)c(C(=O)Nc2nc(-c3ccc(OC(F)F)cc3)cs2)n1. The maximum Gasteiger partial charge on any atom is 0.387 e. The molecule has 0 aliphatic heterocycles. The monoisotopic (exact) mass is 428 g/mol. The molecule has 25 heavy (non-hydrogen) atoms. The van der Waals surface area contributed by atoms with Gasteiger partial charge in [-0.2, -0.15) is 13.9 Å². The second-order valence-electron chi connectivity index (χ2n) is 4.89. The lowest BCUT2D eigenvalue weighted by atomic mass is 10.2. The summed E-state index contributed by atoms with van der Waals surface area (Å²) in [7, 11) is 1.71. The van der Waals surface area contributed by atoms with Gasteiger partial charge in [0.15, 0.2) is 10.8 Å². The summed E-state index contributed by atoms with van der Waals surface area (Å²) in [4.78, 5) is 16.5. The standard InChI is InChI=1S/C15H11BrF2N4O2S/c1-22-6-10(16)12(21-22)13(23)20-15-19-11(7-25-15)8-2-4-9(5-3-8)24-14(17)18/h2-7,14H,1H3,(H,19,20,23). The van der Waals surface area contributed by atoms with E-state index in [-0.39, 0.29) is 17.4 Å². The fourth-order valence-electron chi connectivity index (χ4n) is 2.04. The largest absolute Gasteiger partial charge is 0.435 e. The van der Waals surface area contributed by atoms with Crippen molar-refractivity contribution in [2.24, 2.45) is 7.05 Å². The summed E-state index contributed by atoms with van der Waals surface area (Å²) in [5.74, 6) is -0.309. The molecule has 0 fully saturated rings. The molecule has 3 rings (SSSR count). The van der Waals surface area contributed by atoms with Gasteiger partial charge in [0.1, 0.15) is 5.75 Å². The van der Waals surface area contributed by atoms with Crippen LogP contribution in [0.2, 0.25) is 0 Å². The number of hydrogen-bond acceptors (Lipinski definition) is 5. The first kappa shape index (κ1) is 17.5. The molecule has 2 aromatic heterocycles. The first-order valence-electron chi connectivity index (χ1n) is 6.93. The van der Waals surface area contributed by atoms with Crippen molar-refractivity contribution in [1.29, 1.82) is 0 Å². The fourth-order valence-corrected chi connectivity index (χ4v) is 3.31. The Bertz CT molecular complexity index is 895. The molecule has 0 aliphatic carbocycles. The number of aromatic nitrogens is 3. The van der Waals surface area contributed by atoms with E-state index >= 15 is 0 Å². The smallest absolute Gasteiger partial charge is 0.387 e. The molecule has 6 nitrogen and oxygen atoms in total. The second-order valence-corrected chi connectivity index (χ2v) is 6.61. The summed E-state index contributed by atoms with van der Waals surface area (Å²) >= 11 is 4.52. The molecule has 1 amide bonds. The number of thiazole rings is 1. The minimum Gasteiger partial charge on any atom is -0.435 e. The van der Waals surface area contributed by atoms with Crippen molar-refractivity contribution >= 4 is 38.3 Å². The molecule has 1 N–H and O–H groups in total. The molecule has 0 spiro atoms. The van der Waals surface area contributed by atoms with Gasteiger partial charge in [0, 0.05) is 24.2 Å². The Morgan fingerprint density at radius 3 is 2.68 bits per heavy atom. The normalized spacial score (nSPS) is 10.9. The molecule has 3 aromatic rings. The number of aryl methyl sites for hydroxylation is 1. The third-order valence-electron chi connectivity index (χ3n) is 3.10. The lowest BCUT2D eigenvalue weighted by Gasteiger charge is -2.04. The van der Waals surface area contributed by atoms with Crippen molar-refractivity contribution in [3.63, 3.8) is 0 Å². The summed E-state index contributed by atoms with van der Waals surface area (Å²) in [6.45, 7) is -2.86. The lowest BCUT2D eigenvalue weighted by molar-refractivity contribution is -0.0498. The highest BCUT2D eigenvalue weighted by molar-refractivity contribution is 9.10. The van der Waals surface area contributed by atoms with Gasteiger partial charge in [-0.15, -0.1) is 11.3 Å². The van der Waals surface area contributed by atoms with Gasteiger partial charge in [-0.1, -0.05) is 0 Å². The Labute approximate surface area is 153 Å². The maximum absolute atomic E-state index is 12.2. The van der Waals surface area contributed by atoms with Crippen LogP contribution in [0.15, 0.2) is 40.3 Å². The first-order chi connectivity index (χ1) is 11.9. The highest BCUT2D eigenvalue weighted by atomic mass is 79.9. The molecule has 0 bridgehead atoms. The van der Waals surface area contributed by atoms with Crippen LogP contribution in [-0.2, 0) is 7.05 Å². The van der Waals surface area contributed by atoms with E-state index in [2.05, 4.69) is 36.1 Å². The Morgan fingerprint density at radius 1 is 1.36 bits per heavy atom. The van der Waals surface area contributed by atoms with Crippen molar-refractivity contribution in [3.05, 3.63) is 46.0 Å². The zero-order valence-corrected chi connectivity index (χ0v) is 15.1. The zero-order chi connectivity index (χ0) is 18.0. The number of ether oxygens (including phenoxy) is 1. The zero-order valence-electron chi connectivity index (χ0n) is 12.7. The molecule has 0 radical (unpaired) electrons. The first-order valence-corrected chi connectivity index (χ1v) is 8.61. The van der Waals surface area contributed by atoms with Crippen molar-refractivity contribution in [2.75, 3.05) is 5.32 Å². The van der Waals surface area contributed by atoms with Crippen LogP contribution in [-0.4, -0.2) is 27.3 Å². The number of nitrogens with zero attached hydrogens (tertiary/aromatic N) is 3. The Balaban J connectivity index is 1.72. The van der Waals surface area contributed by atoms with Crippen molar-refractivity contribution in [2.45, 2.75) is 6.61 Å². The quantitative estimate of drug-likeness (QED) is 0.662. The van der Waals surface area contributed by atoms with Gasteiger partial charge in [-0.05, 0) is 40.2 Å². The number of rotatable bonds is 5. The summed E-state index contributed by atoms with van der Waals surface area (Å²) in [6, 6.07) is 6.11. The van der Waals surface area contributed by atoms with Crippen LogP contribution in [0.25, 0.3) is 11.3 Å². The average molecular weight is 429 g/mol. The van der Waals surface area contributed by atoms with E-state index in [9.17, 15) is 13.6 Å². The van der Waals surface area contributed by atoms with Gasteiger partial charge < -0.3 is 4.74 Å². The molecule has 0 unspecified atom stereocenters. The Morgan fingerprint density at radius 2 is 2.08 bits per heavy atom. The number of amides is 1. The second kappa shape index (κ2) is 7.28. The van der Waals surface area contributed by atoms with Crippen LogP contribution in [0.3, 0.4) is 0 Å². The molecular formula is C15H11BrF2N4O2S. The highest BCUT2D eigenvalue weighted by Gasteiger charge is 2.16. The van der Waals surface area contributed by atoms with Crippen molar-refractivity contribution < 1.29 is 18.3 Å². The topological polar surface area (TPSA) is 69.0 Å². The molecule has 0 aliphatic rings. The number of anilines is 1. The average Bonchev–Trinajstić information content (AvgIpc) is 3.14. The number of carbonyl (C=O) groups is 1. The minimum absolute atomic E-state index is 0.0718. The summed E-state index contributed by atoms with van der Waals surface area (Å²) < 4.78 is 30.7. The number of alkyl halides is 2. The van der Waals surface area contributed by atoms with Gasteiger partial charge in [-0.3, -0.25) is 14.8 Å². The van der Waals surface area contributed by atoms with Crippen LogP contribution < -0.4 is 10.1 Å². The Hall–Kier alpha value is -2.33. The molecule has 1 aromatic carbocycles. The van der Waals surface area contributed by atoms with Crippen LogP contribution in [0.4, 0.5) is 13.9 Å². The predicted octanol–water partition coefficient (Wildman–Crippen LogP) is 4.16. The molecule has 0 saturated heterocycles. The van der Waals surface area contributed by atoms with E-state index in [0.29, 0.717) is 15.3 Å². The molecule has 2 heterocycles. The summed E-state index contributed by atoms with van der Waals surface area (Å²) in [5.41, 5.74) is 1.59. The van der Waals surface area contributed by atoms with E-state index in [4.69, 9.17) is 0 Å². The van der Waals surface area contributed by atoms with Gasteiger partial charge in [-0.25, -0.2) is 4.98 Å². The number of carbonyl (C=O) groups excluding carboxylic acids is 1. The third-order valence-corrected chi connectivity index (χ3v) is 4.44. The molecule has 0 saturated carbocycles. The van der Waals surface area contributed by atoms with E-state index in [1.807, 2.05) is 0 Å². The predicted molar refractivity (Wildman–Crippen MR) is 93.0 cm³/mol. The molecule has 0 atom stereocenters. The third kappa shape index (κ3) is 4.20. The number of halogens is 3.